The smallest absolute Gasteiger partial charge is 0.305 e. The molecule has 0 spiro atoms. The van der Waals surface area contributed by atoms with Crippen LogP contribution < -0.4 is 5.32 Å². The molecule has 3 N–H and O–H groups in total. The number of aliphatic hydroxyl groups excluding tert-OH is 2. The normalized spacial score (nSPS) is 12.9. The van der Waals surface area contributed by atoms with Crippen molar-refractivity contribution in [2.45, 2.75) is 321 Å². The third-order valence-corrected chi connectivity index (χ3v) is 13.6. The Kier molecular flexibility index (Phi) is 55.6. The molecule has 0 aliphatic rings. The van der Waals surface area contributed by atoms with Gasteiger partial charge < -0.3 is 20.3 Å². The summed E-state index contributed by atoms with van der Waals surface area (Å²) in [5.41, 5.74) is 0. The summed E-state index contributed by atoms with van der Waals surface area (Å²) in [5, 5.41) is 23.1. The highest BCUT2D eigenvalue weighted by molar-refractivity contribution is 5.76. The Morgan fingerprint density at radius 1 is 0.412 bits per heavy atom. The second kappa shape index (κ2) is 57.4. The summed E-state index contributed by atoms with van der Waals surface area (Å²) < 4.78 is 5.46. The SMILES string of the molecule is CCCCCC/C=C\CCCCCCCC(=O)OCCCCCCCCCCC/C=C\C/C=C\CCCCCCCCCCCC(=O)NC(CO)C(O)/C=C/CCCCCCCCCCCCC. The standard InChI is InChI=1S/C62H115NO5/c1-3-5-7-9-11-13-15-30-34-38-42-46-50-54-60(65)59(58-64)63-61(66)55-51-47-43-39-35-32-28-26-24-22-20-18-17-19-21-23-25-27-29-33-37-41-45-49-53-57-68-62(67)56-52-48-44-40-36-31-16-14-12-10-8-6-4-2/h14,16,18-21,50,54,59-60,64-65H,3-13,15,17,22-49,51-53,55-58H2,1-2H3,(H,63,66)/b16-14-,20-18-,21-19-,54-50+. The van der Waals surface area contributed by atoms with E-state index in [-0.39, 0.29) is 18.5 Å². The second-order valence-electron chi connectivity index (χ2n) is 20.3. The second-order valence-corrected chi connectivity index (χ2v) is 20.3. The molecule has 6 nitrogen and oxygen atoms in total. The summed E-state index contributed by atoms with van der Waals surface area (Å²) in [7, 11) is 0. The predicted octanol–water partition coefficient (Wildman–Crippen LogP) is 18.6. The van der Waals surface area contributed by atoms with Crippen LogP contribution in [0.4, 0.5) is 0 Å². The fraction of sp³-hybridized carbons (Fsp3) is 0.839. The molecule has 2 atom stereocenters. The molecule has 1 amide bonds. The molecule has 0 aromatic carbocycles. The quantitative estimate of drug-likeness (QED) is 0.0321. The lowest BCUT2D eigenvalue weighted by Gasteiger charge is -2.20. The highest BCUT2D eigenvalue weighted by atomic mass is 16.5. The zero-order valence-electron chi connectivity index (χ0n) is 45.3. The van der Waals surface area contributed by atoms with E-state index in [1.807, 2.05) is 6.08 Å². The minimum absolute atomic E-state index is 0.00126. The number of esters is 1. The lowest BCUT2D eigenvalue weighted by Crippen LogP contribution is -2.45. The fourth-order valence-corrected chi connectivity index (χ4v) is 8.95. The van der Waals surface area contributed by atoms with Gasteiger partial charge in [-0.2, -0.15) is 0 Å². The third-order valence-electron chi connectivity index (χ3n) is 13.6. The van der Waals surface area contributed by atoms with Gasteiger partial charge in [-0.25, -0.2) is 0 Å². The van der Waals surface area contributed by atoms with Crippen molar-refractivity contribution < 1.29 is 24.5 Å². The molecule has 0 bridgehead atoms. The third kappa shape index (κ3) is 53.2. The van der Waals surface area contributed by atoms with E-state index in [9.17, 15) is 19.8 Å². The molecule has 0 aliphatic carbocycles. The van der Waals surface area contributed by atoms with E-state index in [1.54, 1.807) is 6.08 Å². The van der Waals surface area contributed by atoms with Gasteiger partial charge in [0.05, 0.1) is 25.4 Å². The molecule has 0 heterocycles. The number of hydrogen-bond acceptors (Lipinski definition) is 5. The van der Waals surface area contributed by atoms with Crippen LogP contribution in [0.2, 0.25) is 0 Å². The van der Waals surface area contributed by atoms with Crippen molar-refractivity contribution in [2.24, 2.45) is 0 Å². The summed E-state index contributed by atoms with van der Waals surface area (Å²) in [6.45, 7) is 4.88. The van der Waals surface area contributed by atoms with Gasteiger partial charge in [0.1, 0.15) is 0 Å². The number of carbonyl (C=O) groups is 2. The Labute approximate surface area is 423 Å². The molecular weight excluding hydrogens is 839 g/mol. The summed E-state index contributed by atoms with van der Waals surface area (Å²) in [5.74, 6) is -0.0760. The fourth-order valence-electron chi connectivity index (χ4n) is 8.95. The first-order valence-electron chi connectivity index (χ1n) is 29.9. The van der Waals surface area contributed by atoms with E-state index in [1.165, 1.54) is 231 Å². The number of ether oxygens (including phenoxy) is 1. The largest absolute Gasteiger partial charge is 0.466 e. The Bertz CT molecular complexity index is 1150. The topological polar surface area (TPSA) is 95.9 Å². The maximum absolute atomic E-state index is 12.4. The number of unbranched alkanes of at least 4 members (excludes halogenated alkanes) is 38. The lowest BCUT2D eigenvalue weighted by molar-refractivity contribution is -0.143. The lowest BCUT2D eigenvalue weighted by atomic mass is 10.0. The van der Waals surface area contributed by atoms with Crippen molar-refractivity contribution in [1.82, 2.24) is 5.32 Å². The van der Waals surface area contributed by atoms with Crippen LogP contribution in [0, 0.1) is 0 Å². The Balaban J connectivity index is 3.46. The molecule has 6 heteroatoms. The van der Waals surface area contributed by atoms with Crippen molar-refractivity contribution in [1.29, 1.82) is 0 Å². The molecule has 0 aliphatic heterocycles. The van der Waals surface area contributed by atoms with Crippen LogP contribution in [0.3, 0.4) is 0 Å². The van der Waals surface area contributed by atoms with Crippen LogP contribution in [0.25, 0.3) is 0 Å². The van der Waals surface area contributed by atoms with Gasteiger partial charge in [0.25, 0.3) is 0 Å². The molecule has 0 aromatic rings. The molecule has 0 saturated carbocycles. The van der Waals surface area contributed by atoms with Gasteiger partial charge in [-0.3, -0.25) is 9.59 Å². The molecular formula is C62H115NO5. The summed E-state index contributed by atoms with van der Waals surface area (Å²) in [6, 6.07) is -0.632. The molecule has 0 fully saturated rings. The van der Waals surface area contributed by atoms with E-state index in [0.717, 1.165) is 51.4 Å². The van der Waals surface area contributed by atoms with Crippen molar-refractivity contribution in [3.05, 3.63) is 48.6 Å². The first kappa shape index (κ1) is 65.8. The maximum Gasteiger partial charge on any atom is 0.305 e. The number of allylic oxidation sites excluding steroid dienone is 7. The van der Waals surface area contributed by atoms with Crippen LogP contribution in [-0.4, -0.2) is 47.4 Å². The van der Waals surface area contributed by atoms with Crippen LogP contribution in [0.1, 0.15) is 309 Å². The van der Waals surface area contributed by atoms with Crippen molar-refractivity contribution in [2.75, 3.05) is 13.2 Å². The maximum atomic E-state index is 12.4. The first-order valence-corrected chi connectivity index (χ1v) is 29.9. The van der Waals surface area contributed by atoms with Crippen molar-refractivity contribution >= 4 is 11.9 Å². The van der Waals surface area contributed by atoms with Crippen LogP contribution >= 0.6 is 0 Å². The number of aliphatic hydroxyl groups is 2. The van der Waals surface area contributed by atoms with Crippen molar-refractivity contribution in [3.8, 4) is 0 Å². The zero-order valence-corrected chi connectivity index (χ0v) is 45.3. The molecule has 2 unspecified atom stereocenters. The van der Waals surface area contributed by atoms with Crippen molar-refractivity contribution in [3.63, 3.8) is 0 Å². The Morgan fingerprint density at radius 2 is 0.735 bits per heavy atom. The van der Waals surface area contributed by atoms with Crippen LogP contribution in [0.15, 0.2) is 48.6 Å². The molecule has 0 rings (SSSR count). The summed E-state index contributed by atoms with van der Waals surface area (Å²) in [4.78, 5) is 24.5. The summed E-state index contributed by atoms with van der Waals surface area (Å²) >= 11 is 0. The highest BCUT2D eigenvalue weighted by Crippen LogP contribution is 2.16. The Hall–Kier alpha value is -2.18. The van der Waals surface area contributed by atoms with Gasteiger partial charge in [0, 0.05) is 12.8 Å². The highest BCUT2D eigenvalue weighted by Gasteiger charge is 2.18. The monoisotopic (exact) mass is 954 g/mol. The molecule has 0 radical (unpaired) electrons. The van der Waals surface area contributed by atoms with Gasteiger partial charge in [-0.05, 0) is 89.9 Å². The first-order chi connectivity index (χ1) is 33.5. The van der Waals surface area contributed by atoms with Crippen LogP contribution in [0.5, 0.6) is 0 Å². The van der Waals surface area contributed by atoms with Gasteiger partial charge >= 0.3 is 5.97 Å². The van der Waals surface area contributed by atoms with E-state index < -0.39 is 12.1 Å². The van der Waals surface area contributed by atoms with E-state index in [0.29, 0.717) is 19.4 Å². The molecule has 398 valence electrons. The number of carbonyl (C=O) groups excluding carboxylic acids is 2. The van der Waals surface area contributed by atoms with E-state index in [4.69, 9.17) is 4.74 Å². The molecule has 0 saturated heterocycles. The van der Waals surface area contributed by atoms with Crippen LogP contribution in [-0.2, 0) is 14.3 Å². The molecule has 0 aromatic heterocycles. The number of nitrogens with one attached hydrogen (secondary N) is 1. The predicted molar refractivity (Wildman–Crippen MR) is 296 cm³/mol. The van der Waals surface area contributed by atoms with Gasteiger partial charge in [-0.1, -0.05) is 255 Å². The number of hydrogen-bond donors (Lipinski definition) is 3. The molecule has 68 heavy (non-hydrogen) atoms. The number of amides is 1. The zero-order chi connectivity index (χ0) is 49.3. The van der Waals surface area contributed by atoms with Gasteiger partial charge in [0.2, 0.25) is 5.91 Å². The average Bonchev–Trinajstić information content (AvgIpc) is 3.34. The van der Waals surface area contributed by atoms with Gasteiger partial charge in [-0.15, -0.1) is 0 Å². The van der Waals surface area contributed by atoms with E-state index in [2.05, 4.69) is 55.6 Å². The average molecular weight is 955 g/mol. The summed E-state index contributed by atoms with van der Waals surface area (Å²) in [6.07, 6.45) is 72.9. The minimum atomic E-state index is -0.848. The minimum Gasteiger partial charge on any atom is -0.466 e. The van der Waals surface area contributed by atoms with Gasteiger partial charge in [0.15, 0.2) is 0 Å². The number of rotatable bonds is 55. The Morgan fingerprint density at radius 3 is 1.15 bits per heavy atom. The van der Waals surface area contributed by atoms with E-state index >= 15 is 0 Å².